The molecule has 11 rings (SSSR count). The summed E-state index contributed by atoms with van der Waals surface area (Å²) in [6, 6.07) is 55.0. The molecular weight excluding hydrogens is 641 g/mol. The van der Waals surface area contributed by atoms with E-state index in [0.29, 0.717) is 0 Å². The van der Waals surface area contributed by atoms with Crippen LogP contribution >= 0.6 is 0 Å². The fraction of sp³-hybridized carbons (Fsp3) is 0.176. The third-order valence-electron chi connectivity index (χ3n) is 13.2. The molecule has 0 radical (unpaired) electrons. The Hall–Kier alpha value is -5.86. The monoisotopic (exact) mass is 682 g/mol. The molecule has 3 heterocycles. The smallest absolute Gasteiger partial charge is 0.0544 e. The van der Waals surface area contributed by atoms with Gasteiger partial charge in [0.25, 0.3) is 0 Å². The van der Waals surface area contributed by atoms with Gasteiger partial charge in [0.1, 0.15) is 0 Å². The molecule has 0 saturated carbocycles. The number of hydrogen-bond acceptors (Lipinski definition) is 1. The van der Waals surface area contributed by atoms with Crippen LogP contribution in [-0.2, 0) is 16.2 Å². The molecule has 8 aromatic rings. The van der Waals surface area contributed by atoms with Gasteiger partial charge in [0.15, 0.2) is 0 Å². The van der Waals surface area contributed by atoms with Crippen molar-refractivity contribution < 1.29 is 0 Å². The van der Waals surface area contributed by atoms with E-state index in [0.717, 1.165) is 0 Å². The Morgan fingerprint density at radius 1 is 0.377 bits per heavy atom. The van der Waals surface area contributed by atoms with E-state index in [1.807, 2.05) is 0 Å². The lowest BCUT2D eigenvalue weighted by molar-refractivity contribution is 0.597. The standard InChI is InChI=1S/C51H42N2/c1-49(2)38-18-11-10-17-34(38)35-29-37-36-27-31(23-25-44(36)52(47(37)30-42(35)49)33-15-8-7-9-16-33)32-24-26-46-43(28-32)51(5,6)41-21-14-20-40-48(41)53(46)45-22-13-12-19-39(45)50(40,3)4/h7-30H,1-6H3. The highest BCUT2D eigenvalue weighted by Crippen LogP contribution is 2.60. The molecule has 3 aliphatic rings. The Morgan fingerprint density at radius 2 is 0.962 bits per heavy atom. The van der Waals surface area contributed by atoms with Crippen LogP contribution in [0, 0.1) is 0 Å². The van der Waals surface area contributed by atoms with Gasteiger partial charge in [-0.15, -0.1) is 0 Å². The first-order chi connectivity index (χ1) is 25.6. The van der Waals surface area contributed by atoms with E-state index in [4.69, 9.17) is 0 Å². The molecule has 0 N–H and O–H groups in total. The van der Waals surface area contributed by atoms with Gasteiger partial charge in [-0.1, -0.05) is 133 Å². The summed E-state index contributed by atoms with van der Waals surface area (Å²) >= 11 is 0. The fourth-order valence-corrected chi connectivity index (χ4v) is 10.3. The van der Waals surface area contributed by atoms with E-state index >= 15 is 0 Å². The second-order valence-corrected chi connectivity index (χ2v) is 17.0. The summed E-state index contributed by atoms with van der Waals surface area (Å²) in [5, 5.41) is 2.58. The molecule has 2 heteroatoms. The maximum Gasteiger partial charge on any atom is 0.0544 e. The van der Waals surface area contributed by atoms with Gasteiger partial charge in [0.05, 0.1) is 28.1 Å². The van der Waals surface area contributed by atoms with Gasteiger partial charge in [-0.25, -0.2) is 0 Å². The molecule has 0 fully saturated rings. The zero-order chi connectivity index (χ0) is 36.0. The highest BCUT2D eigenvalue weighted by molar-refractivity contribution is 6.13. The Morgan fingerprint density at radius 3 is 1.75 bits per heavy atom. The van der Waals surface area contributed by atoms with Crippen LogP contribution in [0.3, 0.4) is 0 Å². The van der Waals surface area contributed by atoms with Gasteiger partial charge in [-0.3, -0.25) is 0 Å². The van der Waals surface area contributed by atoms with E-state index < -0.39 is 0 Å². The molecule has 7 aromatic carbocycles. The van der Waals surface area contributed by atoms with Crippen molar-refractivity contribution in [3.05, 3.63) is 179 Å². The lowest BCUT2D eigenvalue weighted by Gasteiger charge is -2.49. The Bertz CT molecular complexity index is 2860. The van der Waals surface area contributed by atoms with Crippen LogP contribution in [0.25, 0.3) is 49.7 Å². The van der Waals surface area contributed by atoms with E-state index in [1.54, 1.807) is 0 Å². The second kappa shape index (κ2) is 10.2. The van der Waals surface area contributed by atoms with Crippen molar-refractivity contribution in [1.82, 2.24) is 4.57 Å². The summed E-state index contributed by atoms with van der Waals surface area (Å²) in [5.41, 5.74) is 20.8. The number of nitrogens with zero attached hydrogens (tertiary/aromatic N) is 2. The van der Waals surface area contributed by atoms with Crippen molar-refractivity contribution in [3.8, 4) is 27.9 Å². The molecular formula is C51H42N2. The second-order valence-electron chi connectivity index (χ2n) is 17.0. The Kier molecular flexibility index (Phi) is 5.90. The predicted molar refractivity (Wildman–Crippen MR) is 223 cm³/mol. The van der Waals surface area contributed by atoms with Gasteiger partial charge in [-0.05, 0) is 110 Å². The van der Waals surface area contributed by atoms with Crippen LogP contribution in [0.1, 0.15) is 74.9 Å². The SMILES string of the molecule is CC1(C)c2ccccc2-c2cc3c4cc(-c5ccc6c(c5)C(C)(C)c5cccc7c5N6c5ccccc5C7(C)C)ccc4n(-c4ccccc4)c3cc21. The minimum Gasteiger partial charge on any atom is -0.309 e. The number of anilines is 3. The number of aromatic nitrogens is 1. The lowest BCUT2D eigenvalue weighted by Crippen LogP contribution is -2.38. The van der Waals surface area contributed by atoms with Crippen molar-refractivity contribution in [2.75, 3.05) is 4.90 Å². The number of benzene rings is 7. The van der Waals surface area contributed by atoms with E-state index in [2.05, 4.69) is 197 Å². The van der Waals surface area contributed by atoms with Crippen LogP contribution in [0.4, 0.5) is 17.1 Å². The average molecular weight is 683 g/mol. The van der Waals surface area contributed by atoms with Crippen molar-refractivity contribution in [2.45, 2.75) is 57.8 Å². The third kappa shape index (κ3) is 3.88. The quantitative estimate of drug-likeness (QED) is 0.176. The highest BCUT2D eigenvalue weighted by atomic mass is 15.2. The maximum atomic E-state index is 2.55. The van der Waals surface area contributed by atoms with E-state index in [1.165, 1.54) is 100 Å². The van der Waals surface area contributed by atoms with Crippen molar-refractivity contribution in [1.29, 1.82) is 0 Å². The highest BCUT2D eigenvalue weighted by Gasteiger charge is 2.45. The maximum absolute atomic E-state index is 2.55. The van der Waals surface area contributed by atoms with Gasteiger partial charge in [0, 0.05) is 32.7 Å². The van der Waals surface area contributed by atoms with Gasteiger partial charge in [-0.2, -0.15) is 0 Å². The van der Waals surface area contributed by atoms with Gasteiger partial charge in [0.2, 0.25) is 0 Å². The summed E-state index contributed by atoms with van der Waals surface area (Å²) in [6.07, 6.45) is 0. The number of para-hydroxylation sites is 3. The topological polar surface area (TPSA) is 8.17 Å². The minimum atomic E-state index is -0.177. The fourth-order valence-electron chi connectivity index (χ4n) is 10.3. The molecule has 0 saturated heterocycles. The molecule has 53 heavy (non-hydrogen) atoms. The summed E-state index contributed by atoms with van der Waals surface area (Å²) in [4.78, 5) is 2.55. The molecule has 0 amide bonds. The van der Waals surface area contributed by atoms with Crippen molar-refractivity contribution >= 4 is 38.9 Å². The number of hydrogen-bond donors (Lipinski definition) is 0. The summed E-state index contributed by atoms with van der Waals surface area (Å²) < 4.78 is 2.47. The van der Waals surface area contributed by atoms with Crippen LogP contribution in [-0.4, -0.2) is 4.57 Å². The largest absolute Gasteiger partial charge is 0.309 e. The molecule has 0 unspecified atom stereocenters. The molecule has 2 nitrogen and oxygen atoms in total. The molecule has 1 aromatic heterocycles. The summed E-state index contributed by atoms with van der Waals surface area (Å²) in [5.74, 6) is 0. The predicted octanol–water partition coefficient (Wildman–Crippen LogP) is 13.5. The molecule has 0 bridgehead atoms. The zero-order valence-electron chi connectivity index (χ0n) is 31.3. The minimum absolute atomic E-state index is 0.0663. The van der Waals surface area contributed by atoms with E-state index in [-0.39, 0.29) is 16.2 Å². The third-order valence-corrected chi connectivity index (χ3v) is 13.2. The molecule has 256 valence electrons. The van der Waals surface area contributed by atoms with Crippen LogP contribution in [0.2, 0.25) is 0 Å². The Balaban J connectivity index is 1.14. The normalized spacial score (nSPS) is 16.5. The van der Waals surface area contributed by atoms with Gasteiger partial charge < -0.3 is 9.47 Å². The first-order valence-corrected chi connectivity index (χ1v) is 19.0. The van der Waals surface area contributed by atoms with Gasteiger partial charge >= 0.3 is 0 Å². The molecule has 0 spiro atoms. The number of rotatable bonds is 2. The Labute approximate surface area is 312 Å². The molecule has 1 aliphatic carbocycles. The molecule has 0 atom stereocenters. The summed E-state index contributed by atoms with van der Waals surface area (Å²) in [7, 11) is 0. The lowest BCUT2D eigenvalue weighted by atomic mass is 9.66. The molecule has 2 aliphatic heterocycles. The average Bonchev–Trinajstić information content (AvgIpc) is 3.61. The summed E-state index contributed by atoms with van der Waals surface area (Å²) in [6.45, 7) is 14.3. The number of fused-ring (bicyclic) bond motifs is 10. The van der Waals surface area contributed by atoms with E-state index in [9.17, 15) is 0 Å². The first-order valence-electron chi connectivity index (χ1n) is 19.0. The van der Waals surface area contributed by atoms with Crippen LogP contribution in [0.15, 0.2) is 146 Å². The van der Waals surface area contributed by atoms with Crippen LogP contribution < -0.4 is 4.90 Å². The van der Waals surface area contributed by atoms with Crippen molar-refractivity contribution in [2.24, 2.45) is 0 Å². The van der Waals surface area contributed by atoms with Crippen molar-refractivity contribution in [3.63, 3.8) is 0 Å². The van der Waals surface area contributed by atoms with Crippen LogP contribution in [0.5, 0.6) is 0 Å². The first kappa shape index (κ1) is 30.7. The zero-order valence-corrected chi connectivity index (χ0v) is 31.3.